The molecule has 12 heteroatoms. The van der Waals surface area contributed by atoms with Crippen LogP contribution in [0.25, 0.3) is 0 Å². The zero-order chi connectivity index (χ0) is 23.4. The van der Waals surface area contributed by atoms with Gasteiger partial charge in [0.2, 0.25) is 0 Å². The van der Waals surface area contributed by atoms with Crippen LogP contribution in [0, 0.1) is 5.82 Å². The number of ether oxygens (including phenoxy) is 3. The summed E-state index contributed by atoms with van der Waals surface area (Å²) in [4.78, 5) is 31.2. The number of benzene rings is 1. The number of nitrogens with one attached hydrogen (secondary N) is 2. The summed E-state index contributed by atoms with van der Waals surface area (Å²) >= 11 is 0. The maximum atomic E-state index is 14.1. The van der Waals surface area contributed by atoms with Gasteiger partial charge in [0.25, 0.3) is 11.5 Å². The van der Waals surface area contributed by atoms with Gasteiger partial charge < -0.3 is 24.5 Å². The molecule has 2 rings (SSSR count). The third-order valence-corrected chi connectivity index (χ3v) is 4.28. The maximum absolute atomic E-state index is 14.1. The number of carbonyl (C=O) groups excluding carboxylic acids is 1. The third kappa shape index (κ3) is 6.49. The van der Waals surface area contributed by atoms with E-state index in [-0.39, 0.29) is 23.7 Å². The van der Waals surface area contributed by atoms with Gasteiger partial charge in [-0.15, -0.1) is 13.2 Å². The van der Waals surface area contributed by atoms with Gasteiger partial charge in [0.15, 0.2) is 11.6 Å². The van der Waals surface area contributed by atoms with Crippen LogP contribution in [0.2, 0.25) is 0 Å². The second kappa shape index (κ2) is 9.43. The van der Waals surface area contributed by atoms with Gasteiger partial charge in [-0.1, -0.05) is 6.07 Å². The minimum absolute atomic E-state index is 0.107. The summed E-state index contributed by atoms with van der Waals surface area (Å²) in [5, 5.41) is 2.52. The van der Waals surface area contributed by atoms with Crippen LogP contribution in [0.5, 0.6) is 5.75 Å². The van der Waals surface area contributed by atoms with Crippen molar-refractivity contribution in [3.8, 4) is 5.75 Å². The fraction of sp³-hybridized carbons (Fsp3) is 0.421. The Balaban J connectivity index is 2.31. The standard InChI is InChI=1S/C19H21F4N3O5/c1-18(2,30-4)17-25-12(8-15(27)26-17)16(28)24-13(9-29-3)10-5-6-14(11(20)7-10)31-19(21,22)23/h5-8,13H,9H2,1-4H3,(H,24,28)(H,25,26,27)/t13-/m1/s1. The number of amides is 1. The molecule has 0 bridgehead atoms. The average molecular weight is 447 g/mol. The average Bonchev–Trinajstić information content (AvgIpc) is 2.67. The molecule has 0 aliphatic heterocycles. The summed E-state index contributed by atoms with van der Waals surface area (Å²) in [6.07, 6.45) is -5.05. The van der Waals surface area contributed by atoms with Crippen molar-refractivity contribution in [3.05, 3.63) is 57.5 Å². The number of H-pyrrole nitrogens is 1. The van der Waals surface area contributed by atoms with E-state index >= 15 is 0 Å². The lowest BCUT2D eigenvalue weighted by atomic mass is 10.1. The molecule has 0 saturated carbocycles. The number of nitrogens with zero attached hydrogens (tertiary/aromatic N) is 1. The topological polar surface area (TPSA) is 103 Å². The zero-order valence-corrected chi connectivity index (χ0v) is 17.1. The summed E-state index contributed by atoms with van der Waals surface area (Å²) < 4.78 is 64.9. The molecule has 0 saturated heterocycles. The predicted octanol–water partition coefficient (Wildman–Crippen LogP) is 2.81. The van der Waals surface area contributed by atoms with Gasteiger partial charge in [-0.2, -0.15) is 0 Å². The van der Waals surface area contributed by atoms with Crippen LogP contribution < -0.4 is 15.6 Å². The molecule has 0 spiro atoms. The van der Waals surface area contributed by atoms with E-state index in [9.17, 15) is 27.2 Å². The summed E-state index contributed by atoms with van der Waals surface area (Å²) in [5.74, 6) is -2.96. The van der Waals surface area contributed by atoms with E-state index in [0.717, 1.165) is 24.3 Å². The van der Waals surface area contributed by atoms with Gasteiger partial charge in [-0.3, -0.25) is 9.59 Å². The Morgan fingerprint density at radius 1 is 1.23 bits per heavy atom. The third-order valence-electron chi connectivity index (χ3n) is 4.28. The van der Waals surface area contributed by atoms with E-state index in [4.69, 9.17) is 9.47 Å². The van der Waals surface area contributed by atoms with E-state index in [1.807, 2.05) is 0 Å². The SMILES string of the molecule is COC[C@@H](NC(=O)c1cc(=O)[nH]c(C(C)(C)OC)n1)c1ccc(OC(F)(F)F)c(F)c1. The molecule has 2 N–H and O–H groups in total. The van der Waals surface area contributed by atoms with Crippen LogP contribution >= 0.6 is 0 Å². The number of aromatic nitrogens is 2. The molecule has 1 atom stereocenters. The molecule has 0 aliphatic rings. The van der Waals surface area contributed by atoms with Crippen LogP contribution in [0.15, 0.2) is 29.1 Å². The quantitative estimate of drug-likeness (QED) is 0.604. The fourth-order valence-electron chi connectivity index (χ4n) is 2.52. The smallest absolute Gasteiger partial charge is 0.403 e. The van der Waals surface area contributed by atoms with Crippen molar-refractivity contribution in [2.24, 2.45) is 0 Å². The van der Waals surface area contributed by atoms with Crippen LogP contribution in [0.4, 0.5) is 17.6 Å². The number of methoxy groups -OCH3 is 2. The van der Waals surface area contributed by atoms with Gasteiger partial charge in [0.05, 0.1) is 12.6 Å². The lowest BCUT2D eigenvalue weighted by Crippen LogP contribution is -2.34. The van der Waals surface area contributed by atoms with Crippen molar-refractivity contribution in [1.29, 1.82) is 0 Å². The second-order valence-corrected chi connectivity index (χ2v) is 6.91. The van der Waals surface area contributed by atoms with Gasteiger partial charge in [-0.05, 0) is 31.5 Å². The normalized spacial score (nSPS) is 13.0. The highest BCUT2D eigenvalue weighted by Gasteiger charge is 2.32. The van der Waals surface area contributed by atoms with Gasteiger partial charge in [-0.25, -0.2) is 9.37 Å². The Morgan fingerprint density at radius 3 is 2.45 bits per heavy atom. The summed E-state index contributed by atoms with van der Waals surface area (Å²) in [7, 11) is 2.73. The largest absolute Gasteiger partial charge is 0.573 e. The molecule has 0 aliphatic carbocycles. The van der Waals surface area contributed by atoms with E-state index < -0.39 is 41.0 Å². The van der Waals surface area contributed by atoms with Gasteiger partial charge in [0.1, 0.15) is 17.1 Å². The number of hydrogen-bond donors (Lipinski definition) is 2. The molecular formula is C19H21F4N3O5. The number of rotatable bonds is 8. The van der Waals surface area contributed by atoms with Crippen molar-refractivity contribution in [2.75, 3.05) is 20.8 Å². The fourth-order valence-corrected chi connectivity index (χ4v) is 2.52. The van der Waals surface area contributed by atoms with Crippen LogP contribution in [-0.2, 0) is 15.1 Å². The van der Waals surface area contributed by atoms with Crippen molar-refractivity contribution in [1.82, 2.24) is 15.3 Å². The Hall–Kier alpha value is -2.99. The summed E-state index contributed by atoms with van der Waals surface area (Å²) in [5.41, 5.74) is -1.70. The Morgan fingerprint density at radius 2 is 1.90 bits per heavy atom. The minimum atomic E-state index is -5.05. The highest BCUT2D eigenvalue weighted by Crippen LogP contribution is 2.28. The number of alkyl halides is 3. The molecule has 8 nitrogen and oxygen atoms in total. The highest BCUT2D eigenvalue weighted by atomic mass is 19.4. The van der Waals surface area contributed by atoms with Gasteiger partial charge in [0, 0.05) is 20.3 Å². The van der Waals surface area contributed by atoms with E-state index in [1.54, 1.807) is 13.8 Å². The first-order valence-electron chi connectivity index (χ1n) is 8.88. The minimum Gasteiger partial charge on any atom is -0.403 e. The second-order valence-electron chi connectivity index (χ2n) is 6.91. The Kier molecular flexibility index (Phi) is 7.39. The number of aromatic amines is 1. The number of carbonyl (C=O) groups is 1. The van der Waals surface area contributed by atoms with E-state index in [2.05, 4.69) is 20.0 Å². The summed E-state index contributed by atoms with van der Waals surface area (Å²) in [6, 6.07) is 2.74. The van der Waals surface area contributed by atoms with Gasteiger partial charge >= 0.3 is 6.36 Å². The molecule has 1 amide bonds. The monoisotopic (exact) mass is 447 g/mol. The van der Waals surface area contributed by atoms with Crippen LogP contribution in [0.1, 0.15) is 41.8 Å². The molecule has 31 heavy (non-hydrogen) atoms. The maximum Gasteiger partial charge on any atom is 0.573 e. The molecular weight excluding hydrogens is 426 g/mol. The predicted molar refractivity (Wildman–Crippen MR) is 100 cm³/mol. The first kappa shape index (κ1) is 24.3. The van der Waals surface area contributed by atoms with Crippen LogP contribution in [0.3, 0.4) is 0 Å². The molecule has 2 aromatic rings. The molecule has 170 valence electrons. The molecule has 1 aromatic heterocycles. The molecule has 0 fully saturated rings. The molecule has 0 radical (unpaired) electrons. The van der Waals surface area contributed by atoms with Crippen molar-refractivity contribution < 1.29 is 36.6 Å². The van der Waals surface area contributed by atoms with E-state index in [1.165, 1.54) is 14.2 Å². The van der Waals surface area contributed by atoms with Crippen molar-refractivity contribution in [3.63, 3.8) is 0 Å². The van der Waals surface area contributed by atoms with Crippen molar-refractivity contribution >= 4 is 5.91 Å². The number of hydrogen-bond acceptors (Lipinski definition) is 6. The first-order chi connectivity index (χ1) is 14.4. The first-order valence-corrected chi connectivity index (χ1v) is 8.88. The van der Waals surface area contributed by atoms with Crippen LogP contribution in [-0.4, -0.2) is 43.1 Å². The van der Waals surface area contributed by atoms with E-state index in [0.29, 0.717) is 0 Å². The zero-order valence-electron chi connectivity index (χ0n) is 17.1. The molecule has 1 heterocycles. The number of halogens is 4. The Bertz CT molecular complexity index is 991. The lowest BCUT2D eigenvalue weighted by molar-refractivity contribution is -0.275. The summed E-state index contributed by atoms with van der Waals surface area (Å²) in [6.45, 7) is 3.13. The van der Waals surface area contributed by atoms with Crippen molar-refractivity contribution in [2.45, 2.75) is 31.9 Å². The lowest BCUT2D eigenvalue weighted by Gasteiger charge is -2.22. The molecule has 0 unspecified atom stereocenters. The Labute approximate surface area is 174 Å². The molecule has 1 aromatic carbocycles. The highest BCUT2D eigenvalue weighted by molar-refractivity contribution is 5.92.